The molecule has 0 saturated carbocycles. The third kappa shape index (κ3) is 5.23. The summed E-state index contributed by atoms with van der Waals surface area (Å²) < 4.78 is 19.0. The fourth-order valence-electron chi connectivity index (χ4n) is 8.64. The maximum Gasteiger partial charge on any atom is 0.143 e. The Balaban J connectivity index is 0.936. The summed E-state index contributed by atoms with van der Waals surface area (Å²) >= 11 is 0. The van der Waals surface area contributed by atoms with E-state index in [0.29, 0.717) is 0 Å². The average Bonchev–Trinajstić information content (AvgIpc) is 3.98. The molecule has 0 fully saturated rings. The standard InChI is InChI=1S/C54H33NO3/c1-2-9-36(10-3-1)42-13-8-14-46-48-32-38(22-30-52(48)58-54(42)46)35-19-25-40(26-20-35)55(41-27-28-45-43-11-4-6-15-49(43)57-53(45)33-41)39-23-17-34(18-24-39)37-21-29-51-47(31-37)44-12-5-7-16-50(44)56-51/h1-33H. The highest BCUT2D eigenvalue weighted by Gasteiger charge is 2.18. The van der Waals surface area contributed by atoms with Gasteiger partial charge in [-0.2, -0.15) is 0 Å². The molecule has 58 heavy (non-hydrogen) atoms. The van der Waals surface area contributed by atoms with Crippen molar-refractivity contribution >= 4 is 82.9 Å². The van der Waals surface area contributed by atoms with Crippen LogP contribution in [0.4, 0.5) is 17.1 Å². The van der Waals surface area contributed by atoms with E-state index >= 15 is 0 Å². The first-order chi connectivity index (χ1) is 28.7. The van der Waals surface area contributed by atoms with E-state index < -0.39 is 0 Å². The van der Waals surface area contributed by atoms with Crippen molar-refractivity contribution in [1.29, 1.82) is 0 Å². The average molecular weight is 744 g/mol. The molecule has 0 unspecified atom stereocenters. The lowest BCUT2D eigenvalue weighted by Crippen LogP contribution is -2.09. The molecule has 272 valence electrons. The van der Waals surface area contributed by atoms with Crippen LogP contribution in [0.25, 0.3) is 99.2 Å². The second-order valence-corrected chi connectivity index (χ2v) is 14.9. The van der Waals surface area contributed by atoms with Crippen molar-refractivity contribution in [3.63, 3.8) is 0 Å². The molecular weight excluding hydrogens is 711 g/mol. The summed E-state index contributed by atoms with van der Waals surface area (Å²) in [5.41, 5.74) is 15.2. The maximum atomic E-state index is 6.48. The van der Waals surface area contributed by atoms with Crippen LogP contribution in [0, 0.1) is 0 Å². The number of nitrogens with zero attached hydrogens (tertiary/aromatic N) is 1. The molecule has 12 aromatic rings. The van der Waals surface area contributed by atoms with Gasteiger partial charge in [-0.15, -0.1) is 0 Å². The summed E-state index contributed by atoms with van der Waals surface area (Å²) in [5, 5.41) is 6.69. The zero-order valence-corrected chi connectivity index (χ0v) is 31.2. The SMILES string of the molecule is c1ccc(-c2cccc3c2oc2ccc(-c4ccc(N(c5ccc(-c6ccc7oc8ccccc8c7c6)cc5)c5ccc6c(c5)oc5ccccc56)cc4)cc23)cc1. The normalized spacial score (nSPS) is 11.8. The van der Waals surface area contributed by atoms with Crippen LogP contribution in [-0.4, -0.2) is 0 Å². The minimum Gasteiger partial charge on any atom is -0.456 e. The molecule has 0 amide bonds. The van der Waals surface area contributed by atoms with Crippen LogP contribution in [0.1, 0.15) is 0 Å². The highest BCUT2D eigenvalue weighted by Crippen LogP contribution is 2.42. The molecule has 0 saturated heterocycles. The fourth-order valence-corrected chi connectivity index (χ4v) is 8.64. The van der Waals surface area contributed by atoms with E-state index in [1.54, 1.807) is 0 Å². The van der Waals surface area contributed by atoms with Crippen LogP contribution >= 0.6 is 0 Å². The Labute approximate surface area is 333 Å². The van der Waals surface area contributed by atoms with E-state index in [4.69, 9.17) is 13.3 Å². The Hall–Kier alpha value is -7.82. The minimum absolute atomic E-state index is 0.855. The predicted molar refractivity (Wildman–Crippen MR) is 239 cm³/mol. The Kier molecular flexibility index (Phi) is 7.20. The number of furan rings is 3. The van der Waals surface area contributed by atoms with E-state index in [1.165, 1.54) is 0 Å². The van der Waals surface area contributed by atoms with Crippen LogP contribution in [0.2, 0.25) is 0 Å². The van der Waals surface area contributed by atoms with Crippen molar-refractivity contribution < 1.29 is 13.3 Å². The molecular formula is C54H33NO3. The number of hydrogen-bond acceptors (Lipinski definition) is 4. The largest absolute Gasteiger partial charge is 0.456 e. The van der Waals surface area contributed by atoms with Crippen LogP contribution in [0.15, 0.2) is 213 Å². The molecule has 0 aliphatic rings. The Morgan fingerprint density at radius 2 is 0.741 bits per heavy atom. The molecule has 0 spiro atoms. The minimum atomic E-state index is 0.855. The molecule has 0 aliphatic carbocycles. The van der Waals surface area contributed by atoms with Gasteiger partial charge in [0.1, 0.15) is 33.5 Å². The van der Waals surface area contributed by atoms with Gasteiger partial charge in [0.2, 0.25) is 0 Å². The lowest BCUT2D eigenvalue weighted by Gasteiger charge is -2.26. The maximum absolute atomic E-state index is 6.48. The molecule has 0 bridgehead atoms. The smallest absolute Gasteiger partial charge is 0.143 e. The Morgan fingerprint density at radius 1 is 0.259 bits per heavy atom. The first kappa shape index (κ1) is 32.4. The van der Waals surface area contributed by atoms with Gasteiger partial charge in [-0.05, 0) is 101 Å². The van der Waals surface area contributed by atoms with Crippen LogP contribution in [-0.2, 0) is 0 Å². The van der Waals surface area contributed by atoms with Gasteiger partial charge < -0.3 is 18.2 Å². The van der Waals surface area contributed by atoms with Crippen LogP contribution in [0.5, 0.6) is 0 Å². The topological polar surface area (TPSA) is 42.7 Å². The number of fused-ring (bicyclic) bond motifs is 9. The summed E-state index contributed by atoms with van der Waals surface area (Å²) in [7, 11) is 0. The first-order valence-electron chi connectivity index (χ1n) is 19.6. The number of benzene rings is 9. The molecule has 0 atom stereocenters. The van der Waals surface area contributed by atoms with E-state index in [1.807, 2.05) is 30.3 Å². The first-order valence-corrected chi connectivity index (χ1v) is 19.6. The van der Waals surface area contributed by atoms with Gasteiger partial charge in [0.05, 0.1) is 0 Å². The van der Waals surface area contributed by atoms with E-state index in [9.17, 15) is 0 Å². The third-order valence-electron chi connectivity index (χ3n) is 11.5. The van der Waals surface area contributed by atoms with Crippen molar-refractivity contribution in [2.75, 3.05) is 4.90 Å². The lowest BCUT2D eigenvalue weighted by atomic mass is 10.00. The van der Waals surface area contributed by atoms with Crippen molar-refractivity contribution in [1.82, 2.24) is 0 Å². The van der Waals surface area contributed by atoms with Crippen LogP contribution in [0.3, 0.4) is 0 Å². The third-order valence-corrected chi connectivity index (χ3v) is 11.5. The van der Waals surface area contributed by atoms with E-state index in [0.717, 1.165) is 116 Å². The zero-order chi connectivity index (χ0) is 38.2. The predicted octanol–water partition coefficient (Wildman–Crippen LogP) is 15.9. The van der Waals surface area contributed by atoms with Crippen molar-refractivity contribution in [3.8, 4) is 33.4 Å². The van der Waals surface area contributed by atoms with Gasteiger partial charge in [-0.3, -0.25) is 0 Å². The fraction of sp³-hybridized carbons (Fsp3) is 0. The Bertz CT molecular complexity index is 3500. The lowest BCUT2D eigenvalue weighted by molar-refractivity contribution is 0.668. The van der Waals surface area contributed by atoms with Gasteiger partial charge >= 0.3 is 0 Å². The highest BCUT2D eigenvalue weighted by molar-refractivity contribution is 6.11. The summed E-state index contributed by atoms with van der Waals surface area (Å²) in [6.45, 7) is 0. The molecule has 9 aromatic carbocycles. The van der Waals surface area contributed by atoms with Gasteiger partial charge in [0, 0.05) is 61.0 Å². The summed E-state index contributed by atoms with van der Waals surface area (Å²) in [5.74, 6) is 0. The van der Waals surface area contributed by atoms with Gasteiger partial charge in [-0.1, -0.05) is 121 Å². The van der Waals surface area contributed by atoms with Crippen molar-refractivity contribution in [2.24, 2.45) is 0 Å². The monoisotopic (exact) mass is 743 g/mol. The zero-order valence-electron chi connectivity index (χ0n) is 31.2. The molecule has 4 nitrogen and oxygen atoms in total. The molecule has 3 heterocycles. The van der Waals surface area contributed by atoms with Crippen molar-refractivity contribution in [3.05, 3.63) is 200 Å². The number of para-hydroxylation sites is 3. The van der Waals surface area contributed by atoms with Crippen LogP contribution < -0.4 is 4.90 Å². The summed E-state index contributed by atoms with van der Waals surface area (Å²) in [6, 6.07) is 70.3. The molecule has 3 aromatic heterocycles. The molecule has 4 heteroatoms. The number of rotatable bonds is 6. The summed E-state index contributed by atoms with van der Waals surface area (Å²) in [6.07, 6.45) is 0. The van der Waals surface area contributed by atoms with E-state index in [-0.39, 0.29) is 0 Å². The molecule has 12 rings (SSSR count). The number of hydrogen-bond donors (Lipinski definition) is 0. The highest BCUT2D eigenvalue weighted by atomic mass is 16.3. The summed E-state index contributed by atoms with van der Waals surface area (Å²) in [4.78, 5) is 2.30. The van der Waals surface area contributed by atoms with E-state index in [2.05, 4.69) is 175 Å². The quantitative estimate of drug-likeness (QED) is 0.170. The Morgan fingerprint density at radius 3 is 1.41 bits per heavy atom. The van der Waals surface area contributed by atoms with Gasteiger partial charge in [0.25, 0.3) is 0 Å². The van der Waals surface area contributed by atoms with Gasteiger partial charge in [-0.25, -0.2) is 0 Å². The van der Waals surface area contributed by atoms with Gasteiger partial charge in [0.15, 0.2) is 0 Å². The second-order valence-electron chi connectivity index (χ2n) is 14.9. The second kappa shape index (κ2) is 12.9. The van der Waals surface area contributed by atoms with Crippen molar-refractivity contribution in [2.45, 2.75) is 0 Å². The molecule has 0 aliphatic heterocycles. The molecule has 0 N–H and O–H groups in total. The number of anilines is 3. The molecule has 0 radical (unpaired) electrons.